The Morgan fingerprint density at radius 3 is 2.61 bits per heavy atom. The molecule has 0 fully saturated rings. The molecule has 0 aliphatic rings. The molecule has 2 heterocycles. The van der Waals surface area contributed by atoms with Crippen LogP contribution >= 0.6 is 0 Å². The van der Waals surface area contributed by atoms with Gasteiger partial charge in [0.15, 0.2) is 5.69 Å². The van der Waals surface area contributed by atoms with E-state index in [4.69, 9.17) is 4.74 Å². The number of anilines is 1. The van der Waals surface area contributed by atoms with Crippen molar-refractivity contribution in [3.05, 3.63) is 95.4 Å². The van der Waals surface area contributed by atoms with Crippen molar-refractivity contribution in [3.63, 3.8) is 0 Å². The number of hydrogen-bond donors (Lipinski definition) is 1. The molecular weight excluding hydrogens is 390 g/mol. The molecule has 0 saturated carbocycles. The van der Waals surface area contributed by atoms with E-state index in [-0.39, 0.29) is 11.8 Å². The Morgan fingerprint density at radius 2 is 1.87 bits per heavy atom. The smallest absolute Gasteiger partial charge is 0.276 e. The highest BCUT2D eigenvalue weighted by atomic mass is 16.5. The summed E-state index contributed by atoms with van der Waals surface area (Å²) in [6, 6.07) is 22.0. The van der Waals surface area contributed by atoms with Crippen molar-refractivity contribution in [2.24, 2.45) is 0 Å². The summed E-state index contributed by atoms with van der Waals surface area (Å²) in [5, 5.41) is 16.5. The highest BCUT2D eigenvalue weighted by molar-refractivity contribution is 6.03. The first-order valence-electron chi connectivity index (χ1n) is 9.62. The predicted octanol–water partition coefficient (Wildman–Crippen LogP) is 4.80. The molecule has 31 heavy (non-hydrogen) atoms. The molecule has 2 aromatic carbocycles. The van der Waals surface area contributed by atoms with Gasteiger partial charge in [0.2, 0.25) is 5.88 Å². The number of nitrogens with zero attached hydrogens (tertiary/aromatic N) is 4. The predicted molar refractivity (Wildman–Crippen MR) is 116 cm³/mol. The summed E-state index contributed by atoms with van der Waals surface area (Å²) in [6.45, 7) is 3.77. The lowest BCUT2D eigenvalue weighted by atomic mass is 10.2. The second kappa shape index (κ2) is 8.51. The molecule has 4 aromatic rings. The third kappa shape index (κ3) is 4.28. The monoisotopic (exact) mass is 409 g/mol. The van der Waals surface area contributed by atoms with E-state index < -0.39 is 0 Å². The summed E-state index contributed by atoms with van der Waals surface area (Å²) < 4.78 is 7.47. The normalized spacial score (nSPS) is 10.4. The van der Waals surface area contributed by atoms with E-state index in [0.29, 0.717) is 22.7 Å². The molecule has 7 heteroatoms. The van der Waals surface area contributed by atoms with Crippen molar-refractivity contribution in [1.29, 1.82) is 5.26 Å². The zero-order valence-corrected chi connectivity index (χ0v) is 17.0. The van der Waals surface area contributed by atoms with Gasteiger partial charge < -0.3 is 10.1 Å². The van der Waals surface area contributed by atoms with E-state index in [2.05, 4.69) is 21.5 Å². The first-order chi connectivity index (χ1) is 15.0. The molecule has 1 amide bonds. The molecule has 4 rings (SSSR count). The van der Waals surface area contributed by atoms with Crippen molar-refractivity contribution in [1.82, 2.24) is 14.8 Å². The Hall–Kier alpha value is -4.44. The topological polar surface area (TPSA) is 92.8 Å². The number of ether oxygens (including phenoxy) is 1. The van der Waals surface area contributed by atoms with Crippen LogP contribution in [0.3, 0.4) is 0 Å². The fourth-order valence-corrected chi connectivity index (χ4v) is 3.11. The Kier molecular flexibility index (Phi) is 5.45. The summed E-state index contributed by atoms with van der Waals surface area (Å²) in [4.78, 5) is 16.9. The Labute approximate surface area is 179 Å². The van der Waals surface area contributed by atoms with Gasteiger partial charge in [-0.15, -0.1) is 0 Å². The number of amides is 1. The largest absolute Gasteiger partial charge is 0.438 e. The lowest BCUT2D eigenvalue weighted by Crippen LogP contribution is -2.14. The molecular formula is C24H19N5O2. The number of hydrogen-bond acceptors (Lipinski definition) is 5. The van der Waals surface area contributed by atoms with E-state index in [0.717, 1.165) is 16.9 Å². The summed E-state index contributed by atoms with van der Waals surface area (Å²) in [5.41, 5.74) is 3.88. The number of pyridine rings is 1. The van der Waals surface area contributed by atoms with Gasteiger partial charge in [0.1, 0.15) is 17.4 Å². The lowest BCUT2D eigenvalue weighted by molar-refractivity contribution is 0.102. The van der Waals surface area contributed by atoms with Crippen LogP contribution in [-0.4, -0.2) is 20.7 Å². The number of benzene rings is 2. The van der Waals surface area contributed by atoms with Crippen molar-refractivity contribution in [3.8, 4) is 23.4 Å². The average molecular weight is 409 g/mol. The molecule has 0 spiro atoms. The van der Waals surface area contributed by atoms with E-state index in [1.165, 1.54) is 0 Å². The number of nitriles is 1. The summed E-state index contributed by atoms with van der Waals surface area (Å²) in [5.74, 6) is 0.462. The van der Waals surface area contributed by atoms with Crippen LogP contribution in [0.4, 0.5) is 5.69 Å². The van der Waals surface area contributed by atoms with Crippen LogP contribution in [0.1, 0.15) is 27.3 Å². The van der Waals surface area contributed by atoms with Crippen molar-refractivity contribution < 1.29 is 9.53 Å². The molecule has 0 unspecified atom stereocenters. The van der Waals surface area contributed by atoms with Gasteiger partial charge in [0.25, 0.3) is 5.91 Å². The number of rotatable bonds is 5. The van der Waals surface area contributed by atoms with Crippen molar-refractivity contribution >= 4 is 11.6 Å². The van der Waals surface area contributed by atoms with Gasteiger partial charge in [-0.2, -0.15) is 10.4 Å². The molecule has 152 valence electrons. The van der Waals surface area contributed by atoms with Gasteiger partial charge in [-0.1, -0.05) is 18.2 Å². The molecule has 0 radical (unpaired) electrons. The molecule has 2 aromatic heterocycles. The average Bonchev–Trinajstić information content (AvgIpc) is 3.18. The van der Waals surface area contributed by atoms with Crippen LogP contribution in [0.5, 0.6) is 11.6 Å². The molecule has 0 bridgehead atoms. The number of nitrogens with one attached hydrogen (secondary N) is 1. The van der Waals surface area contributed by atoms with Crippen LogP contribution in [0.2, 0.25) is 0 Å². The van der Waals surface area contributed by atoms with Crippen LogP contribution < -0.4 is 10.1 Å². The van der Waals surface area contributed by atoms with Gasteiger partial charge in [-0.3, -0.25) is 4.79 Å². The molecule has 0 atom stereocenters. The second-order valence-corrected chi connectivity index (χ2v) is 6.92. The standard InChI is InChI=1S/C24H19N5O2/c1-16-13-20(31-24-18(15-25)7-6-12-26-24)10-11-21(16)27-23(30)22-14-17(2)29(28-22)19-8-4-3-5-9-19/h3-14H,1-2H3,(H,27,30). The van der Waals surface area contributed by atoms with Crippen LogP contribution in [0.15, 0.2) is 72.9 Å². The number of carbonyl (C=O) groups excluding carboxylic acids is 1. The number of aryl methyl sites for hydroxylation is 2. The molecule has 0 saturated heterocycles. The number of carbonyl (C=O) groups is 1. The van der Waals surface area contributed by atoms with Crippen LogP contribution in [0, 0.1) is 25.2 Å². The lowest BCUT2D eigenvalue weighted by Gasteiger charge is -2.10. The van der Waals surface area contributed by atoms with Gasteiger partial charge in [-0.05, 0) is 67.9 Å². The van der Waals surface area contributed by atoms with Crippen LogP contribution in [-0.2, 0) is 0 Å². The van der Waals surface area contributed by atoms with Gasteiger partial charge >= 0.3 is 0 Å². The Balaban J connectivity index is 1.51. The van der Waals surface area contributed by atoms with E-state index in [1.807, 2.05) is 44.2 Å². The fourth-order valence-electron chi connectivity index (χ4n) is 3.11. The first kappa shape index (κ1) is 19.9. The SMILES string of the molecule is Cc1cc(Oc2ncccc2C#N)ccc1NC(=O)c1cc(C)n(-c2ccccc2)n1. The van der Waals surface area contributed by atoms with Crippen molar-refractivity contribution in [2.45, 2.75) is 13.8 Å². The zero-order valence-electron chi connectivity index (χ0n) is 17.0. The number of para-hydroxylation sites is 1. The fraction of sp³-hybridized carbons (Fsp3) is 0.0833. The quantitative estimate of drug-likeness (QED) is 0.511. The maximum atomic E-state index is 12.8. The van der Waals surface area contributed by atoms with Crippen LogP contribution in [0.25, 0.3) is 5.69 Å². The molecule has 1 N–H and O–H groups in total. The minimum absolute atomic E-state index is 0.239. The molecule has 7 nitrogen and oxygen atoms in total. The van der Waals surface area contributed by atoms with E-state index in [9.17, 15) is 10.1 Å². The van der Waals surface area contributed by atoms with Gasteiger partial charge in [-0.25, -0.2) is 9.67 Å². The maximum Gasteiger partial charge on any atom is 0.276 e. The maximum absolute atomic E-state index is 12.8. The Bertz CT molecular complexity index is 1290. The number of aromatic nitrogens is 3. The summed E-state index contributed by atoms with van der Waals surface area (Å²) in [7, 11) is 0. The van der Waals surface area contributed by atoms with Gasteiger partial charge in [0, 0.05) is 17.6 Å². The minimum Gasteiger partial charge on any atom is -0.438 e. The Morgan fingerprint density at radius 1 is 1.06 bits per heavy atom. The van der Waals surface area contributed by atoms with E-state index >= 15 is 0 Å². The molecule has 0 aliphatic heterocycles. The summed E-state index contributed by atoms with van der Waals surface area (Å²) in [6.07, 6.45) is 1.56. The van der Waals surface area contributed by atoms with Crippen molar-refractivity contribution in [2.75, 3.05) is 5.32 Å². The zero-order chi connectivity index (χ0) is 21.8. The molecule has 0 aliphatic carbocycles. The minimum atomic E-state index is -0.300. The second-order valence-electron chi connectivity index (χ2n) is 6.92. The summed E-state index contributed by atoms with van der Waals surface area (Å²) >= 11 is 0. The first-order valence-corrected chi connectivity index (χ1v) is 9.62. The third-order valence-corrected chi connectivity index (χ3v) is 4.67. The highest BCUT2D eigenvalue weighted by Crippen LogP contribution is 2.27. The van der Waals surface area contributed by atoms with Gasteiger partial charge in [0.05, 0.1) is 5.69 Å². The van der Waals surface area contributed by atoms with E-state index in [1.54, 1.807) is 47.3 Å². The third-order valence-electron chi connectivity index (χ3n) is 4.67. The highest BCUT2D eigenvalue weighted by Gasteiger charge is 2.15.